The lowest BCUT2D eigenvalue weighted by molar-refractivity contribution is 0.0858. The molecule has 0 aromatic heterocycles. The fourth-order valence-corrected chi connectivity index (χ4v) is 3.78. The molecular formula is C18H20N2O4S. The Kier molecular flexibility index (Phi) is 5.35. The van der Waals surface area contributed by atoms with Gasteiger partial charge in [-0.2, -0.15) is 0 Å². The van der Waals surface area contributed by atoms with Crippen molar-refractivity contribution >= 4 is 21.6 Å². The number of amides is 1. The second-order valence-corrected chi connectivity index (χ2v) is 7.49. The molecule has 25 heavy (non-hydrogen) atoms. The van der Waals surface area contributed by atoms with Crippen molar-refractivity contribution in [3.8, 4) is 0 Å². The Bertz CT molecular complexity index is 831. The van der Waals surface area contributed by atoms with Gasteiger partial charge in [-0.3, -0.25) is 9.52 Å². The van der Waals surface area contributed by atoms with E-state index in [4.69, 9.17) is 4.74 Å². The van der Waals surface area contributed by atoms with Crippen molar-refractivity contribution in [1.29, 1.82) is 0 Å². The van der Waals surface area contributed by atoms with Crippen LogP contribution in [0.1, 0.15) is 23.2 Å². The van der Waals surface area contributed by atoms with Crippen LogP contribution >= 0.6 is 0 Å². The van der Waals surface area contributed by atoms with Crippen LogP contribution in [0, 0.1) is 0 Å². The fourth-order valence-electron chi connectivity index (χ4n) is 2.68. The van der Waals surface area contributed by atoms with Crippen molar-refractivity contribution in [3.63, 3.8) is 0 Å². The third-order valence-corrected chi connectivity index (χ3v) is 5.37. The Hall–Kier alpha value is -2.38. The number of rotatable bonds is 6. The van der Waals surface area contributed by atoms with E-state index < -0.39 is 10.0 Å². The Morgan fingerprint density at radius 3 is 2.52 bits per heavy atom. The summed E-state index contributed by atoms with van der Waals surface area (Å²) in [5, 5.41) is 2.81. The number of nitrogens with one attached hydrogen (secondary N) is 2. The number of carbonyl (C=O) groups excluding carboxylic acids is 1. The molecule has 0 aliphatic carbocycles. The number of carbonyl (C=O) groups is 1. The van der Waals surface area contributed by atoms with Crippen LogP contribution in [-0.4, -0.2) is 33.6 Å². The molecule has 0 unspecified atom stereocenters. The van der Waals surface area contributed by atoms with Gasteiger partial charge < -0.3 is 10.1 Å². The van der Waals surface area contributed by atoms with E-state index in [-0.39, 0.29) is 28.2 Å². The average Bonchev–Trinajstić information content (AvgIpc) is 3.14. The molecule has 2 aromatic rings. The molecule has 1 heterocycles. The highest BCUT2D eigenvalue weighted by Gasteiger charge is 2.20. The first-order valence-corrected chi connectivity index (χ1v) is 9.61. The molecule has 6 nitrogen and oxygen atoms in total. The van der Waals surface area contributed by atoms with E-state index in [2.05, 4.69) is 10.0 Å². The standard InChI is InChI=1S/C18H20N2O4S/c21-18(19-13-14-7-6-12-24-14)16-10-4-5-11-17(16)20-25(22,23)15-8-2-1-3-9-15/h1-5,8-11,14,20H,6-7,12-13H2,(H,19,21)/t14-/m0/s1. The monoisotopic (exact) mass is 360 g/mol. The zero-order valence-corrected chi connectivity index (χ0v) is 14.5. The van der Waals surface area contributed by atoms with Gasteiger partial charge in [0.25, 0.3) is 15.9 Å². The minimum absolute atomic E-state index is 0.0251. The van der Waals surface area contributed by atoms with Crippen molar-refractivity contribution in [2.75, 3.05) is 17.9 Å². The highest BCUT2D eigenvalue weighted by atomic mass is 32.2. The largest absolute Gasteiger partial charge is 0.376 e. The molecule has 1 fully saturated rings. The molecule has 0 saturated carbocycles. The molecule has 0 spiro atoms. The quantitative estimate of drug-likeness (QED) is 0.828. The van der Waals surface area contributed by atoms with Crippen LogP contribution < -0.4 is 10.0 Å². The summed E-state index contributed by atoms with van der Waals surface area (Å²) >= 11 is 0. The molecule has 1 aliphatic rings. The lowest BCUT2D eigenvalue weighted by atomic mass is 10.1. The highest BCUT2D eigenvalue weighted by molar-refractivity contribution is 7.92. The summed E-state index contributed by atoms with van der Waals surface area (Å²) < 4.78 is 32.9. The molecule has 1 saturated heterocycles. The zero-order valence-electron chi connectivity index (χ0n) is 13.6. The molecule has 0 radical (unpaired) electrons. The van der Waals surface area contributed by atoms with Crippen LogP contribution in [0.25, 0.3) is 0 Å². The van der Waals surface area contributed by atoms with Gasteiger partial charge in [0.15, 0.2) is 0 Å². The minimum Gasteiger partial charge on any atom is -0.376 e. The average molecular weight is 360 g/mol. The minimum atomic E-state index is -3.75. The molecule has 0 bridgehead atoms. The second-order valence-electron chi connectivity index (χ2n) is 5.81. The maximum absolute atomic E-state index is 12.5. The highest BCUT2D eigenvalue weighted by Crippen LogP contribution is 2.20. The maximum atomic E-state index is 12.5. The van der Waals surface area contributed by atoms with Crippen molar-refractivity contribution < 1.29 is 17.9 Å². The summed E-state index contributed by atoms with van der Waals surface area (Å²) in [4.78, 5) is 12.6. The molecule has 2 N–H and O–H groups in total. The van der Waals surface area contributed by atoms with Gasteiger partial charge in [0.05, 0.1) is 22.3 Å². The normalized spacial score (nSPS) is 17.2. The predicted octanol–water partition coefficient (Wildman–Crippen LogP) is 2.40. The van der Waals surface area contributed by atoms with Crippen LogP contribution in [0.5, 0.6) is 0 Å². The lowest BCUT2D eigenvalue weighted by Gasteiger charge is -2.14. The number of benzene rings is 2. The lowest BCUT2D eigenvalue weighted by Crippen LogP contribution is -2.32. The van der Waals surface area contributed by atoms with Gasteiger partial charge in [0, 0.05) is 13.2 Å². The fraction of sp³-hybridized carbons (Fsp3) is 0.278. The summed E-state index contributed by atoms with van der Waals surface area (Å²) in [5.41, 5.74) is 0.524. The number of anilines is 1. The van der Waals surface area contributed by atoms with Crippen molar-refractivity contribution in [2.24, 2.45) is 0 Å². The Balaban J connectivity index is 1.75. The van der Waals surface area contributed by atoms with Gasteiger partial charge in [0.2, 0.25) is 0 Å². The van der Waals surface area contributed by atoms with Gasteiger partial charge in [-0.05, 0) is 37.1 Å². The Labute approximate surface area is 147 Å². The summed E-state index contributed by atoms with van der Waals surface area (Å²) in [6, 6.07) is 14.6. The third kappa shape index (κ3) is 4.37. The topological polar surface area (TPSA) is 84.5 Å². The van der Waals surface area contributed by atoms with Gasteiger partial charge in [-0.15, -0.1) is 0 Å². The van der Waals surface area contributed by atoms with Gasteiger partial charge >= 0.3 is 0 Å². The van der Waals surface area contributed by atoms with E-state index >= 15 is 0 Å². The van der Waals surface area contributed by atoms with E-state index in [1.54, 1.807) is 42.5 Å². The van der Waals surface area contributed by atoms with Crippen LogP contribution in [0.4, 0.5) is 5.69 Å². The molecule has 7 heteroatoms. The molecule has 2 aromatic carbocycles. The number of hydrogen-bond acceptors (Lipinski definition) is 4. The number of ether oxygens (including phenoxy) is 1. The van der Waals surface area contributed by atoms with E-state index in [1.165, 1.54) is 12.1 Å². The molecule has 3 rings (SSSR count). The first kappa shape index (κ1) is 17.4. The summed E-state index contributed by atoms with van der Waals surface area (Å²) in [6.45, 7) is 1.13. The summed E-state index contributed by atoms with van der Waals surface area (Å²) in [6.07, 6.45) is 1.94. The number of sulfonamides is 1. The van der Waals surface area contributed by atoms with Crippen molar-refractivity contribution in [2.45, 2.75) is 23.8 Å². The molecule has 1 amide bonds. The van der Waals surface area contributed by atoms with Gasteiger partial charge in [-0.1, -0.05) is 30.3 Å². The summed E-state index contributed by atoms with van der Waals surface area (Å²) in [5.74, 6) is -0.332. The van der Waals surface area contributed by atoms with Crippen LogP contribution in [-0.2, 0) is 14.8 Å². The Morgan fingerprint density at radius 1 is 1.08 bits per heavy atom. The van der Waals surface area contributed by atoms with Crippen molar-refractivity contribution in [3.05, 3.63) is 60.2 Å². The maximum Gasteiger partial charge on any atom is 0.261 e. The number of para-hydroxylation sites is 1. The number of hydrogen-bond donors (Lipinski definition) is 2. The van der Waals surface area contributed by atoms with E-state index in [9.17, 15) is 13.2 Å². The van der Waals surface area contributed by atoms with E-state index in [0.717, 1.165) is 12.8 Å². The summed E-state index contributed by atoms with van der Waals surface area (Å²) in [7, 11) is -3.75. The Morgan fingerprint density at radius 2 is 1.80 bits per heavy atom. The van der Waals surface area contributed by atoms with Crippen molar-refractivity contribution in [1.82, 2.24) is 5.32 Å². The van der Waals surface area contributed by atoms with Crippen LogP contribution in [0.15, 0.2) is 59.5 Å². The SMILES string of the molecule is O=C(NC[C@@H]1CCCO1)c1ccccc1NS(=O)(=O)c1ccccc1. The predicted molar refractivity (Wildman–Crippen MR) is 95.0 cm³/mol. The van der Waals surface area contributed by atoms with Gasteiger partial charge in [-0.25, -0.2) is 8.42 Å². The zero-order chi connectivity index (χ0) is 17.7. The van der Waals surface area contributed by atoms with Crippen LogP contribution in [0.3, 0.4) is 0 Å². The van der Waals surface area contributed by atoms with E-state index in [1.807, 2.05) is 0 Å². The molecule has 1 aliphatic heterocycles. The first-order chi connectivity index (χ1) is 12.1. The second kappa shape index (κ2) is 7.67. The van der Waals surface area contributed by atoms with Crippen LogP contribution in [0.2, 0.25) is 0 Å². The van der Waals surface area contributed by atoms with Gasteiger partial charge in [0.1, 0.15) is 0 Å². The molecule has 132 valence electrons. The molecule has 1 atom stereocenters. The smallest absolute Gasteiger partial charge is 0.261 e. The van der Waals surface area contributed by atoms with E-state index in [0.29, 0.717) is 13.2 Å². The molecular weight excluding hydrogens is 340 g/mol. The third-order valence-electron chi connectivity index (χ3n) is 3.98. The first-order valence-electron chi connectivity index (χ1n) is 8.13.